The summed E-state index contributed by atoms with van der Waals surface area (Å²) in [7, 11) is 0. The van der Waals surface area contributed by atoms with E-state index in [1.807, 2.05) is 6.92 Å². The molecule has 0 spiro atoms. The molecule has 0 saturated heterocycles. The number of hydrogen-bond donors (Lipinski definition) is 3. The molecule has 2 rings (SSSR count). The van der Waals surface area contributed by atoms with Gasteiger partial charge < -0.3 is 15.6 Å². The van der Waals surface area contributed by atoms with E-state index >= 15 is 0 Å². The molecule has 2 aromatic heterocycles. The van der Waals surface area contributed by atoms with E-state index in [-0.39, 0.29) is 28.7 Å². The van der Waals surface area contributed by atoms with Crippen molar-refractivity contribution in [3.8, 4) is 0 Å². The van der Waals surface area contributed by atoms with Crippen LogP contribution in [0.3, 0.4) is 0 Å². The van der Waals surface area contributed by atoms with E-state index in [2.05, 4.69) is 25.6 Å². The molecular weight excluding hydrogens is 296 g/mol. The molecule has 2 aromatic rings. The molecule has 112 valence electrons. The molecule has 0 aliphatic rings. The van der Waals surface area contributed by atoms with Gasteiger partial charge in [-0.2, -0.15) is 0 Å². The minimum Gasteiger partial charge on any atom is -0.364 e. The van der Waals surface area contributed by atoms with Gasteiger partial charge in [-0.15, -0.1) is 0 Å². The van der Waals surface area contributed by atoms with Crippen molar-refractivity contribution in [1.82, 2.24) is 15.0 Å². The van der Waals surface area contributed by atoms with E-state index in [1.165, 1.54) is 6.33 Å². The van der Waals surface area contributed by atoms with Crippen molar-refractivity contribution >= 4 is 28.7 Å². The Morgan fingerprint density at radius 3 is 2.67 bits per heavy atom. The SMILES string of the molecule is CCCNc1ncnc(NCc2csc(=O)[nH]2)c1[N+](=O)[O-]. The lowest BCUT2D eigenvalue weighted by molar-refractivity contribution is -0.383. The second-order valence-corrected chi connectivity index (χ2v) is 4.97. The molecule has 21 heavy (non-hydrogen) atoms. The van der Waals surface area contributed by atoms with Crippen LogP contribution in [0.5, 0.6) is 0 Å². The summed E-state index contributed by atoms with van der Waals surface area (Å²) in [6.45, 7) is 2.77. The molecule has 0 aliphatic heterocycles. The monoisotopic (exact) mass is 310 g/mol. The minimum atomic E-state index is -0.531. The fourth-order valence-corrected chi connectivity index (χ4v) is 2.21. The van der Waals surface area contributed by atoms with Crippen LogP contribution in [0.4, 0.5) is 17.3 Å². The van der Waals surface area contributed by atoms with E-state index in [9.17, 15) is 14.9 Å². The summed E-state index contributed by atoms with van der Waals surface area (Å²) in [5.41, 5.74) is 0.435. The van der Waals surface area contributed by atoms with Crippen LogP contribution in [-0.2, 0) is 6.54 Å². The first-order valence-corrected chi connectivity index (χ1v) is 7.13. The summed E-state index contributed by atoms with van der Waals surface area (Å²) < 4.78 is 0. The summed E-state index contributed by atoms with van der Waals surface area (Å²) >= 11 is 1.03. The highest BCUT2D eigenvalue weighted by atomic mass is 32.1. The minimum absolute atomic E-state index is 0.112. The van der Waals surface area contributed by atoms with Crippen LogP contribution >= 0.6 is 11.3 Å². The molecule has 3 N–H and O–H groups in total. The van der Waals surface area contributed by atoms with Crippen LogP contribution in [0.25, 0.3) is 0 Å². The van der Waals surface area contributed by atoms with Crippen LogP contribution in [0, 0.1) is 10.1 Å². The van der Waals surface area contributed by atoms with E-state index in [0.717, 1.165) is 17.8 Å². The molecule has 10 heteroatoms. The van der Waals surface area contributed by atoms with Gasteiger partial charge in [0.05, 0.1) is 11.5 Å². The van der Waals surface area contributed by atoms with Crippen molar-refractivity contribution in [1.29, 1.82) is 0 Å². The van der Waals surface area contributed by atoms with Gasteiger partial charge in [0.2, 0.25) is 11.6 Å². The van der Waals surface area contributed by atoms with Crippen LogP contribution < -0.4 is 15.5 Å². The summed E-state index contributed by atoms with van der Waals surface area (Å²) in [4.78, 5) is 32.0. The van der Waals surface area contributed by atoms with Crippen LogP contribution in [-0.4, -0.2) is 26.4 Å². The molecule has 0 radical (unpaired) electrons. The number of hydrogen-bond acceptors (Lipinski definition) is 8. The lowest BCUT2D eigenvalue weighted by atomic mass is 10.4. The van der Waals surface area contributed by atoms with Gasteiger partial charge in [-0.25, -0.2) is 9.97 Å². The molecule has 0 unspecified atom stereocenters. The Balaban J connectivity index is 2.21. The molecule has 0 amide bonds. The summed E-state index contributed by atoms with van der Waals surface area (Å²) in [5.74, 6) is 0.291. The molecule has 0 aromatic carbocycles. The maximum atomic E-state index is 11.2. The number of rotatable bonds is 7. The zero-order valence-corrected chi connectivity index (χ0v) is 12.1. The predicted octanol–water partition coefficient (Wildman–Crippen LogP) is 1.57. The second-order valence-electron chi connectivity index (χ2n) is 4.13. The Morgan fingerprint density at radius 1 is 1.38 bits per heavy atom. The lowest BCUT2D eigenvalue weighted by Crippen LogP contribution is -2.11. The van der Waals surface area contributed by atoms with Gasteiger partial charge in [0, 0.05) is 17.6 Å². The topological polar surface area (TPSA) is 126 Å². The lowest BCUT2D eigenvalue weighted by Gasteiger charge is -2.08. The molecule has 0 aliphatic carbocycles. The highest BCUT2D eigenvalue weighted by molar-refractivity contribution is 7.07. The van der Waals surface area contributed by atoms with Crippen LogP contribution in [0.1, 0.15) is 19.0 Å². The van der Waals surface area contributed by atoms with Crippen molar-refractivity contribution in [3.05, 3.63) is 37.2 Å². The zero-order chi connectivity index (χ0) is 15.2. The highest BCUT2D eigenvalue weighted by Gasteiger charge is 2.22. The predicted molar refractivity (Wildman–Crippen MR) is 79.7 cm³/mol. The first kappa shape index (κ1) is 14.9. The number of aromatic amines is 1. The fraction of sp³-hybridized carbons (Fsp3) is 0.364. The van der Waals surface area contributed by atoms with E-state index in [4.69, 9.17) is 0 Å². The molecule has 2 heterocycles. The average Bonchev–Trinajstić information content (AvgIpc) is 2.88. The maximum absolute atomic E-state index is 11.2. The molecule has 0 atom stereocenters. The van der Waals surface area contributed by atoms with Gasteiger partial charge in [0.1, 0.15) is 6.33 Å². The Bertz CT molecular complexity index is 683. The van der Waals surface area contributed by atoms with Gasteiger partial charge in [-0.05, 0) is 6.42 Å². The Morgan fingerprint density at radius 2 is 2.10 bits per heavy atom. The Kier molecular flexibility index (Phi) is 4.82. The smallest absolute Gasteiger partial charge is 0.353 e. The van der Waals surface area contributed by atoms with E-state index in [0.29, 0.717) is 12.2 Å². The number of nitrogens with zero attached hydrogens (tertiary/aromatic N) is 3. The van der Waals surface area contributed by atoms with Gasteiger partial charge in [0.15, 0.2) is 0 Å². The van der Waals surface area contributed by atoms with Crippen molar-refractivity contribution < 1.29 is 4.92 Å². The standard InChI is InChI=1S/C11H14N6O3S/c1-2-3-12-9-8(17(19)20)10(15-6-14-9)13-4-7-5-21-11(18)16-7/h5-6H,2-4H2,1H3,(H,16,18)(H2,12,13,14,15). The number of H-pyrrole nitrogens is 1. The maximum Gasteiger partial charge on any atom is 0.353 e. The third-order valence-corrected chi connectivity index (χ3v) is 3.28. The van der Waals surface area contributed by atoms with Crippen molar-refractivity contribution in [2.24, 2.45) is 0 Å². The van der Waals surface area contributed by atoms with Gasteiger partial charge >= 0.3 is 10.6 Å². The Hall–Kier alpha value is -2.49. The first-order valence-electron chi connectivity index (χ1n) is 6.25. The van der Waals surface area contributed by atoms with Gasteiger partial charge in [-0.3, -0.25) is 14.9 Å². The summed E-state index contributed by atoms with van der Waals surface area (Å²) in [6.07, 6.45) is 2.07. The van der Waals surface area contributed by atoms with Gasteiger partial charge in [-0.1, -0.05) is 18.3 Å². The zero-order valence-electron chi connectivity index (χ0n) is 11.3. The van der Waals surface area contributed by atoms with E-state index < -0.39 is 4.92 Å². The van der Waals surface area contributed by atoms with Crippen molar-refractivity contribution in [2.75, 3.05) is 17.2 Å². The van der Waals surface area contributed by atoms with Crippen LogP contribution in [0.2, 0.25) is 0 Å². The second kappa shape index (κ2) is 6.79. The fourth-order valence-electron chi connectivity index (χ4n) is 1.63. The normalized spacial score (nSPS) is 10.3. The molecule has 0 fully saturated rings. The van der Waals surface area contributed by atoms with Crippen molar-refractivity contribution in [2.45, 2.75) is 19.9 Å². The molecule has 0 saturated carbocycles. The highest BCUT2D eigenvalue weighted by Crippen LogP contribution is 2.28. The third kappa shape index (κ3) is 3.75. The van der Waals surface area contributed by atoms with Gasteiger partial charge in [0.25, 0.3) is 0 Å². The number of nitrogens with one attached hydrogen (secondary N) is 3. The van der Waals surface area contributed by atoms with Crippen LogP contribution in [0.15, 0.2) is 16.5 Å². The molecular formula is C11H14N6O3S. The first-order chi connectivity index (χ1) is 10.1. The summed E-state index contributed by atoms with van der Waals surface area (Å²) in [6, 6.07) is 0. The number of aromatic nitrogens is 3. The average molecular weight is 310 g/mol. The number of nitro groups is 1. The third-order valence-electron chi connectivity index (χ3n) is 2.56. The van der Waals surface area contributed by atoms with E-state index in [1.54, 1.807) is 5.38 Å². The summed E-state index contributed by atoms with van der Waals surface area (Å²) in [5, 5.41) is 18.6. The largest absolute Gasteiger partial charge is 0.364 e. The molecule has 9 nitrogen and oxygen atoms in total. The number of thiazole rings is 1. The quantitative estimate of drug-likeness (QED) is 0.523. The van der Waals surface area contributed by atoms with Crippen molar-refractivity contribution in [3.63, 3.8) is 0 Å². The molecule has 0 bridgehead atoms. The number of anilines is 2. The Labute approximate surface area is 123 Å².